The number of hydrogen-bond donors (Lipinski definition) is 3. The number of aryl methyl sites for hydroxylation is 1. The van der Waals surface area contributed by atoms with Crippen molar-refractivity contribution >= 4 is 34.0 Å². The Kier molecular flexibility index (Phi) is 4.20. The van der Waals surface area contributed by atoms with Crippen LogP contribution in [-0.4, -0.2) is 30.7 Å². The summed E-state index contributed by atoms with van der Waals surface area (Å²) < 4.78 is 10.9. The molecule has 1 aliphatic heterocycles. The number of aromatic nitrogens is 2. The molecule has 26 heavy (non-hydrogen) atoms. The second-order valence-corrected chi connectivity index (χ2v) is 6.99. The predicted octanol–water partition coefficient (Wildman–Crippen LogP) is 5.39. The van der Waals surface area contributed by atoms with Crippen LogP contribution in [0.15, 0.2) is 41.3 Å². The van der Waals surface area contributed by atoms with E-state index in [-0.39, 0.29) is 0 Å². The summed E-state index contributed by atoms with van der Waals surface area (Å²) in [5.41, 5.74) is 4.44. The molecule has 1 heterocycles. The van der Waals surface area contributed by atoms with Crippen molar-refractivity contribution in [1.29, 1.82) is 0 Å². The van der Waals surface area contributed by atoms with Gasteiger partial charge in [0.1, 0.15) is 5.82 Å². The number of anilines is 2. The van der Waals surface area contributed by atoms with E-state index < -0.39 is 0 Å². The van der Waals surface area contributed by atoms with Crippen molar-refractivity contribution in [3.05, 3.63) is 42.0 Å². The molecule has 2 aliphatic rings. The van der Waals surface area contributed by atoms with Crippen LogP contribution in [0, 0.1) is 6.92 Å². The van der Waals surface area contributed by atoms with Crippen LogP contribution in [0.3, 0.4) is 0 Å². The molecule has 2 aromatic rings. The van der Waals surface area contributed by atoms with Gasteiger partial charge in [0, 0.05) is 21.5 Å². The van der Waals surface area contributed by atoms with E-state index >= 15 is 0 Å². The van der Waals surface area contributed by atoms with Gasteiger partial charge in [0.2, 0.25) is 0 Å². The van der Waals surface area contributed by atoms with E-state index in [1.807, 2.05) is 12.1 Å². The van der Waals surface area contributed by atoms with Gasteiger partial charge < -0.3 is 14.8 Å². The average Bonchev–Trinajstić information content (AvgIpc) is 3.20. The summed E-state index contributed by atoms with van der Waals surface area (Å²) in [6.45, 7) is 2.13. The molecule has 0 fully saturated rings. The Morgan fingerprint density at radius 3 is 2.38 bits per heavy atom. The topological polar surface area (TPSA) is 62.1 Å². The highest BCUT2D eigenvalue weighted by Gasteiger charge is 2.23. The third-order valence-electron chi connectivity index (χ3n) is 4.72. The average molecular weight is 367 g/mol. The number of H-pyrrole nitrogens is 2. The van der Waals surface area contributed by atoms with E-state index in [4.69, 9.17) is 9.47 Å². The van der Waals surface area contributed by atoms with Crippen LogP contribution in [0.5, 0.6) is 11.5 Å². The molecule has 0 atom stereocenters. The van der Waals surface area contributed by atoms with Crippen molar-refractivity contribution in [2.75, 3.05) is 25.8 Å². The van der Waals surface area contributed by atoms with Crippen LogP contribution < -0.4 is 14.8 Å². The molecule has 1 aliphatic carbocycles. The molecule has 0 aromatic heterocycles. The third kappa shape index (κ3) is 2.57. The van der Waals surface area contributed by atoms with Crippen LogP contribution in [0.2, 0.25) is 0 Å². The number of nitrogens with one attached hydrogen (secondary N) is 3. The van der Waals surface area contributed by atoms with Crippen molar-refractivity contribution < 1.29 is 9.47 Å². The lowest BCUT2D eigenvalue weighted by Crippen LogP contribution is -1.92. The van der Waals surface area contributed by atoms with Gasteiger partial charge >= 0.3 is 0 Å². The minimum Gasteiger partial charge on any atom is -0.493 e. The van der Waals surface area contributed by atoms with Crippen LogP contribution in [0.1, 0.15) is 5.56 Å². The van der Waals surface area contributed by atoms with Crippen molar-refractivity contribution in [3.63, 3.8) is 0 Å². The minimum atomic E-state index is 0.726. The van der Waals surface area contributed by atoms with Crippen LogP contribution in [0.4, 0.5) is 11.5 Å². The fourth-order valence-corrected chi connectivity index (χ4v) is 3.88. The molecule has 0 bridgehead atoms. The number of methoxy groups -OCH3 is 2. The lowest BCUT2D eigenvalue weighted by Gasteiger charge is -2.08. The number of fused-ring (bicyclic) bond motifs is 3. The van der Waals surface area contributed by atoms with Gasteiger partial charge in [0.25, 0.3) is 0 Å². The second kappa shape index (κ2) is 6.53. The van der Waals surface area contributed by atoms with E-state index in [2.05, 4.69) is 53.0 Å². The van der Waals surface area contributed by atoms with Gasteiger partial charge in [0.15, 0.2) is 11.5 Å². The Balaban J connectivity index is 1.83. The molecule has 0 saturated carbocycles. The van der Waals surface area contributed by atoms with Gasteiger partial charge in [-0.3, -0.25) is 10.2 Å². The second-order valence-electron chi connectivity index (χ2n) is 6.11. The smallest absolute Gasteiger partial charge is 0.161 e. The number of hydrogen-bond acceptors (Lipinski definition) is 4. The van der Waals surface area contributed by atoms with Gasteiger partial charge in [-0.05, 0) is 54.5 Å². The van der Waals surface area contributed by atoms with Crippen molar-refractivity contribution in [1.82, 2.24) is 10.2 Å². The highest BCUT2D eigenvalue weighted by atomic mass is 32.2. The molecular formula is C20H21N3O2S. The van der Waals surface area contributed by atoms with Gasteiger partial charge in [-0.1, -0.05) is 6.07 Å². The molecule has 134 valence electrons. The zero-order chi connectivity index (χ0) is 18.3. The Labute approximate surface area is 156 Å². The van der Waals surface area contributed by atoms with Gasteiger partial charge in [0.05, 0.1) is 19.9 Å². The molecule has 0 amide bonds. The maximum atomic E-state index is 5.46. The van der Waals surface area contributed by atoms with E-state index in [0.717, 1.165) is 45.0 Å². The SMILES string of the molecule is COc1cc2c3[nH][nH]c(Nc4cccc(SC)c4)c-3c(C)c2cc1OC. The maximum Gasteiger partial charge on any atom is 0.161 e. The molecule has 2 aromatic carbocycles. The number of rotatable bonds is 5. The number of thioether (sulfide) groups is 1. The Morgan fingerprint density at radius 1 is 0.962 bits per heavy atom. The van der Waals surface area contributed by atoms with Crippen molar-refractivity contribution in [3.8, 4) is 22.8 Å². The van der Waals surface area contributed by atoms with Gasteiger partial charge in [-0.15, -0.1) is 11.8 Å². The molecule has 5 nitrogen and oxygen atoms in total. The summed E-state index contributed by atoms with van der Waals surface area (Å²) in [6.07, 6.45) is 2.08. The van der Waals surface area contributed by atoms with Crippen molar-refractivity contribution in [2.24, 2.45) is 0 Å². The summed E-state index contributed by atoms with van der Waals surface area (Å²) in [5, 5.41) is 12.3. The first-order valence-electron chi connectivity index (χ1n) is 8.31. The lowest BCUT2D eigenvalue weighted by molar-refractivity contribution is 0.356. The Hall–Kier alpha value is -2.73. The maximum absolute atomic E-state index is 5.46. The molecule has 4 rings (SSSR count). The summed E-state index contributed by atoms with van der Waals surface area (Å²) in [6, 6.07) is 12.4. The predicted molar refractivity (Wildman–Crippen MR) is 109 cm³/mol. The fourth-order valence-electron chi connectivity index (χ4n) is 3.42. The fraction of sp³-hybridized carbons (Fsp3) is 0.200. The first-order chi connectivity index (χ1) is 12.7. The van der Waals surface area contributed by atoms with E-state index in [9.17, 15) is 0 Å². The van der Waals surface area contributed by atoms with E-state index in [0.29, 0.717) is 0 Å². The van der Waals surface area contributed by atoms with Gasteiger partial charge in [-0.25, -0.2) is 0 Å². The standard InChI is InChI=1S/C20H21N3O2S/c1-11-14-9-16(24-2)17(25-3)10-15(14)19-18(11)20(23-22-19)21-12-6-5-7-13(8-12)26-4/h5-10,21-23H,1-4H3. The zero-order valence-electron chi connectivity index (χ0n) is 15.2. The van der Waals surface area contributed by atoms with Crippen LogP contribution in [-0.2, 0) is 0 Å². The van der Waals surface area contributed by atoms with Gasteiger partial charge in [-0.2, -0.15) is 0 Å². The summed E-state index contributed by atoms with van der Waals surface area (Å²) in [7, 11) is 3.32. The van der Waals surface area contributed by atoms with E-state index in [1.54, 1.807) is 26.0 Å². The number of ether oxygens (including phenoxy) is 2. The Bertz CT molecular complexity index is 1050. The normalized spacial score (nSPS) is 11.2. The number of aromatic amines is 2. The summed E-state index contributed by atoms with van der Waals surface area (Å²) in [5.74, 6) is 2.41. The van der Waals surface area contributed by atoms with Crippen LogP contribution in [0.25, 0.3) is 22.0 Å². The minimum absolute atomic E-state index is 0.726. The Morgan fingerprint density at radius 2 is 1.69 bits per heavy atom. The molecule has 0 radical (unpaired) electrons. The zero-order valence-corrected chi connectivity index (χ0v) is 16.0. The van der Waals surface area contributed by atoms with Crippen LogP contribution >= 0.6 is 11.8 Å². The molecule has 0 spiro atoms. The molecular weight excluding hydrogens is 346 g/mol. The molecule has 0 saturated heterocycles. The highest BCUT2D eigenvalue weighted by molar-refractivity contribution is 7.98. The van der Waals surface area contributed by atoms with Crippen molar-refractivity contribution in [2.45, 2.75) is 11.8 Å². The first kappa shape index (κ1) is 16.7. The molecule has 6 heteroatoms. The first-order valence-corrected chi connectivity index (χ1v) is 9.54. The highest BCUT2D eigenvalue weighted by Crippen LogP contribution is 2.45. The summed E-state index contributed by atoms with van der Waals surface area (Å²) >= 11 is 1.73. The molecule has 3 N–H and O–H groups in total. The lowest BCUT2D eigenvalue weighted by atomic mass is 10.1. The number of benzene rings is 2. The molecule has 0 unspecified atom stereocenters. The largest absolute Gasteiger partial charge is 0.493 e. The summed E-state index contributed by atoms with van der Waals surface area (Å²) in [4.78, 5) is 1.22. The monoisotopic (exact) mass is 367 g/mol. The third-order valence-corrected chi connectivity index (χ3v) is 5.45. The van der Waals surface area contributed by atoms with E-state index in [1.165, 1.54) is 10.5 Å². The quantitative estimate of drug-likeness (QED) is 0.414.